The van der Waals surface area contributed by atoms with Gasteiger partial charge in [0.25, 0.3) is 0 Å². The summed E-state index contributed by atoms with van der Waals surface area (Å²) in [5, 5.41) is 8.96. The second-order valence-corrected chi connectivity index (χ2v) is 5.37. The van der Waals surface area contributed by atoms with E-state index in [1.54, 1.807) is 0 Å². The molecule has 0 aromatic heterocycles. The van der Waals surface area contributed by atoms with Crippen LogP contribution in [-0.2, 0) is 6.54 Å². The van der Waals surface area contributed by atoms with Crippen LogP contribution in [0.1, 0.15) is 39.2 Å². The van der Waals surface area contributed by atoms with Gasteiger partial charge in [0.2, 0.25) is 0 Å². The van der Waals surface area contributed by atoms with Gasteiger partial charge in [0.05, 0.1) is 24.7 Å². The number of hydrogen-bond acceptors (Lipinski definition) is 4. The Balaban J connectivity index is 2.57. The third-order valence-corrected chi connectivity index (χ3v) is 3.05. The molecule has 110 valence electrons. The van der Waals surface area contributed by atoms with E-state index in [-0.39, 0.29) is 5.41 Å². The van der Waals surface area contributed by atoms with Crippen LogP contribution in [-0.4, -0.2) is 13.2 Å². The first-order chi connectivity index (χ1) is 9.52. The largest absolute Gasteiger partial charge is 0.490 e. The van der Waals surface area contributed by atoms with Crippen molar-refractivity contribution in [1.29, 1.82) is 5.26 Å². The number of ether oxygens (including phenoxy) is 2. The highest BCUT2D eigenvalue weighted by Gasteiger charge is 2.16. The van der Waals surface area contributed by atoms with Gasteiger partial charge in [0.1, 0.15) is 0 Å². The van der Waals surface area contributed by atoms with Crippen molar-refractivity contribution >= 4 is 0 Å². The zero-order chi connectivity index (χ0) is 15.0. The van der Waals surface area contributed by atoms with Crippen LogP contribution in [0.4, 0.5) is 0 Å². The van der Waals surface area contributed by atoms with Gasteiger partial charge in [-0.3, -0.25) is 0 Å². The molecule has 0 unspecified atom stereocenters. The predicted molar refractivity (Wildman–Crippen MR) is 79.6 cm³/mol. The minimum atomic E-state index is -0.296. The molecule has 0 heterocycles. The molecule has 20 heavy (non-hydrogen) atoms. The lowest BCUT2D eigenvalue weighted by Gasteiger charge is -2.16. The Kier molecular flexibility index (Phi) is 6.33. The normalized spacial score (nSPS) is 10.9. The molecule has 0 saturated heterocycles. The second kappa shape index (κ2) is 7.76. The maximum atomic E-state index is 8.96. The Morgan fingerprint density at radius 3 is 2.60 bits per heavy atom. The van der Waals surface area contributed by atoms with Crippen molar-refractivity contribution in [2.24, 2.45) is 11.1 Å². The van der Waals surface area contributed by atoms with Crippen molar-refractivity contribution in [3.8, 4) is 17.6 Å². The van der Waals surface area contributed by atoms with Gasteiger partial charge < -0.3 is 15.2 Å². The fourth-order valence-corrected chi connectivity index (χ4v) is 1.82. The van der Waals surface area contributed by atoms with E-state index in [9.17, 15) is 0 Å². The van der Waals surface area contributed by atoms with Crippen LogP contribution in [0.5, 0.6) is 11.5 Å². The highest BCUT2D eigenvalue weighted by molar-refractivity contribution is 5.43. The summed E-state index contributed by atoms with van der Waals surface area (Å²) in [6, 6.07) is 8.04. The van der Waals surface area contributed by atoms with Crippen molar-refractivity contribution in [2.45, 2.75) is 40.2 Å². The minimum Gasteiger partial charge on any atom is -0.490 e. The molecule has 1 rings (SSSR count). The Labute approximate surface area is 121 Å². The molecule has 0 aliphatic heterocycles. The molecule has 0 spiro atoms. The van der Waals surface area contributed by atoms with E-state index in [0.717, 1.165) is 29.9 Å². The average Bonchev–Trinajstić information content (AvgIpc) is 2.45. The summed E-state index contributed by atoms with van der Waals surface area (Å²) in [7, 11) is 0. The van der Waals surface area contributed by atoms with Crippen molar-refractivity contribution in [3.63, 3.8) is 0 Å². The summed E-state index contributed by atoms with van der Waals surface area (Å²) in [6.07, 6.45) is 1.65. The van der Waals surface area contributed by atoms with Gasteiger partial charge in [-0.05, 0) is 51.3 Å². The van der Waals surface area contributed by atoms with E-state index in [1.165, 1.54) is 0 Å². The lowest BCUT2D eigenvalue weighted by molar-refractivity contribution is 0.259. The molecule has 2 N–H and O–H groups in total. The van der Waals surface area contributed by atoms with Crippen LogP contribution >= 0.6 is 0 Å². The van der Waals surface area contributed by atoms with Gasteiger partial charge in [0, 0.05) is 6.54 Å². The molecule has 0 aliphatic carbocycles. The highest BCUT2D eigenvalue weighted by Crippen LogP contribution is 2.29. The van der Waals surface area contributed by atoms with Crippen molar-refractivity contribution in [3.05, 3.63) is 23.8 Å². The highest BCUT2D eigenvalue weighted by atomic mass is 16.5. The SMILES string of the molecule is CCOc1cc(CN)ccc1OCCCC(C)(C)C#N. The topological polar surface area (TPSA) is 68.3 Å². The first kappa shape index (κ1) is 16.3. The van der Waals surface area contributed by atoms with E-state index in [4.69, 9.17) is 20.5 Å². The molecule has 0 radical (unpaired) electrons. The van der Waals surface area contributed by atoms with Gasteiger partial charge in [-0.15, -0.1) is 0 Å². The van der Waals surface area contributed by atoms with E-state index >= 15 is 0 Å². The summed E-state index contributed by atoms with van der Waals surface area (Å²) < 4.78 is 11.3. The monoisotopic (exact) mass is 276 g/mol. The maximum absolute atomic E-state index is 8.96. The van der Waals surface area contributed by atoms with Crippen molar-refractivity contribution in [2.75, 3.05) is 13.2 Å². The molecule has 0 amide bonds. The smallest absolute Gasteiger partial charge is 0.161 e. The Morgan fingerprint density at radius 1 is 1.25 bits per heavy atom. The zero-order valence-electron chi connectivity index (χ0n) is 12.6. The number of rotatable bonds is 8. The standard InChI is InChI=1S/C16H24N2O2/c1-4-19-15-10-13(11-17)6-7-14(15)20-9-5-8-16(2,3)12-18/h6-7,10H,4-5,8-9,11,17H2,1-3H3. The van der Waals surface area contributed by atoms with Crippen LogP contribution in [0.3, 0.4) is 0 Å². The first-order valence-electron chi connectivity index (χ1n) is 7.02. The summed E-state index contributed by atoms with van der Waals surface area (Å²) >= 11 is 0. The predicted octanol–water partition coefficient (Wildman–Crippen LogP) is 3.25. The summed E-state index contributed by atoms with van der Waals surface area (Å²) in [5.74, 6) is 1.47. The van der Waals surface area contributed by atoms with Crippen LogP contribution in [0, 0.1) is 16.7 Å². The zero-order valence-corrected chi connectivity index (χ0v) is 12.6. The van der Waals surface area contributed by atoms with Crippen LogP contribution in [0.2, 0.25) is 0 Å². The van der Waals surface area contributed by atoms with Crippen molar-refractivity contribution in [1.82, 2.24) is 0 Å². The molecule has 0 aliphatic rings. The second-order valence-electron chi connectivity index (χ2n) is 5.37. The number of nitrogens with zero attached hydrogens (tertiary/aromatic N) is 1. The molecule has 4 nitrogen and oxygen atoms in total. The number of nitriles is 1. The third-order valence-electron chi connectivity index (χ3n) is 3.05. The minimum absolute atomic E-state index is 0.296. The third kappa shape index (κ3) is 5.10. The molecule has 4 heteroatoms. The molecule has 0 bridgehead atoms. The molecule has 0 saturated carbocycles. The average molecular weight is 276 g/mol. The van der Waals surface area contributed by atoms with Gasteiger partial charge in [-0.1, -0.05) is 6.07 Å². The summed E-state index contributed by atoms with van der Waals surface area (Å²) in [4.78, 5) is 0. The van der Waals surface area contributed by atoms with Crippen LogP contribution < -0.4 is 15.2 Å². The van der Waals surface area contributed by atoms with E-state index in [1.807, 2.05) is 39.0 Å². The number of benzene rings is 1. The summed E-state index contributed by atoms with van der Waals surface area (Å²) in [6.45, 7) is 7.47. The fourth-order valence-electron chi connectivity index (χ4n) is 1.82. The molecular weight excluding hydrogens is 252 g/mol. The summed E-state index contributed by atoms with van der Waals surface area (Å²) in [5.41, 5.74) is 6.35. The lowest BCUT2D eigenvalue weighted by Crippen LogP contribution is -2.10. The fraction of sp³-hybridized carbons (Fsp3) is 0.562. The first-order valence-corrected chi connectivity index (χ1v) is 7.02. The Hall–Kier alpha value is -1.73. The Morgan fingerprint density at radius 2 is 2.00 bits per heavy atom. The molecule has 1 aromatic carbocycles. The van der Waals surface area contributed by atoms with E-state index < -0.39 is 0 Å². The van der Waals surface area contributed by atoms with E-state index in [0.29, 0.717) is 19.8 Å². The quantitative estimate of drug-likeness (QED) is 0.740. The molecule has 0 fully saturated rings. The number of nitrogens with two attached hydrogens (primary N) is 1. The molecular formula is C16H24N2O2. The lowest BCUT2D eigenvalue weighted by atomic mass is 9.90. The van der Waals surface area contributed by atoms with Crippen molar-refractivity contribution < 1.29 is 9.47 Å². The maximum Gasteiger partial charge on any atom is 0.161 e. The van der Waals surface area contributed by atoms with E-state index in [2.05, 4.69) is 6.07 Å². The van der Waals surface area contributed by atoms with Gasteiger partial charge in [-0.25, -0.2) is 0 Å². The van der Waals surface area contributed by atoms with Crippen LogP contribution in [0.25, 0.3) is 0 Å². The van der Waals surface area contributed by atoms with Gasteiger partial charge in [0.15, 0.2) is 11.5 Å². The van der Waals surface area contributed by atoms with Crippen LogP contribution in [0.15, 0.2) is 18.2 Å². The number of hydrogen-bond donors (Lipinski definition) is 1. The Bertz CT molecular complexity index is 464. The molecule has 0 atom stereocenters. The molecule has 1 aromatic rings. The van der Waals surface area contributed by atoms with Gasteiger partial charge >= 0.3 is 0 Å². The van der Waals surface area contributed by atoms with Gasteiger partial charge in [-0.2, -0.15) is 5.26 Å².